The van der Waals surface area contributed by atoms with Crippen molar-refractivity contribution in [3.63, 3.8) is 0 Å². The number of pyridine rings is 2. The molecule has 2 aliphatic rings. The number of ether oxygens (including phenoxy) is 1. The van der Waals surface area contributed by atoms with E-state index in [1.807, 2.05) is 25.8 Å². The van der Waals surface area contributed by atoms with E-state index in [2.05, 4.69) is 15.5 Å². The molecule has 0 saturated carbocycles. The molecule has 3 aromatic heterocycles. The second kappa shape index (κ2) is 9.75. The molecular weight excluding hydrogens is 479 g/mol. The fraction of sp³-hybridized carbons (Fsp3) is 0.440. The molecule has 2 aliphatic heterocycles. The van der Waals surface area contributed by atoms with Crippen LogP contribution in [0.15, 0.2) is 24.3 Å². The maximum absolute atomic E-state index is 13.6. The zero-order valence-electron chi connectivity index (χ0n) is 21.2. The number of carbonyl (C=O) groups excluding carboxylic acids is 2. The van der Waals surface area contributed by atoms with Gasteiger partial charge in [0.2, 0.25) is 0 Å². The van der Waals surface area contributed by atoms with Gasteiger partial charge in [-0.15, -0.1) is 10.2 Å². The van der Waals surface area contributed by atoms with Crippen molar-refractivity contribution in [3.05, 3.63) is 46.9 Å². The Kier molecular flexibility index (Phi) is 6.48. The van der Waals surface area contributed by atoms with E-state index >= 15 is 0 Å². The summed E-state index contributed by atoms with van der Waals surface area (Å²) >= 11 is 0. The van der Waals surface area contributed by atoms with Gasteiger partial charge in [-0.05, 0) is 38.5 Å². The summed E-state index contributed by atoms with van der Waals surface area (Å²) in [5.41, 5.74) is 2.20. The lowest BCUT2D eigenvalue weighted by atomic mass is 10.1. The molecule has 0 radical (unpaired) electrons. The molecule has 11 nitrogen and oxygen atoms in total. The van der Waals surface area contributed by atoms with Gasteiger partial charge in [0, 0.05) is 32.1 Å². The molecule has 0 spiro atoms. The quantitative estimate of drug-likeness (QED) is 0.517. The molecule has 194 valence electrons. The standard InChI is InChI=1S/C25H29FN8O3/c1-14(2)32(4)22-10-16-17(19(29-22)13-37-25(36)27-3)12-33(24(16)35)20-7-5-6-18(28-20)23-31-30-21-9-8-15(11-26)34(21)23/h5-7,10,14-15H,8-9,11-13H2,1-4H3,(H,27,36)/t15-/m1/s1. The second-order valence-corrected chi connectivity index (χ2v) is 9.41. The molecular formula is C25H29FN8O3. The third-order valence-electron chi connectivity index (χ3n) is 6.92. The Morgan fingerprint density at radius 1 is 1.30 bits per heavy atom. The summed E-state index contributed by atoms with van der Waals surface area (Å²) in [6, 6.07) is 6.91. The maximum atomic E-state index is 13.6. The third kappa shape index (κ3) is 4.36. The van der Waals surface area contributed by atoms with Crippen LogP contribution >= 0.6 is 0 Å². The van der Waals surface area contributed by atoms with Gasteiger partial charge in [-0.25, -0.2) is 19.2 Å². The van der Waals surface area contributed by atoms with Crippen LogP contribution < -0.4 is 15.1 Å². The number of anilines is 2. The van der Waals surface area contributed by atoms with E-state index in [9.17, 15) is 14.0 Å². The summed E-state index contributed by atoms with van der Waals surface area (Å²) in [6.45, 7) is 3.69. The van der Waals surface area contributed by atoms with Crippen molar-refractivity contribution in [2.75, 3.05) is 30.6 Å². The van der Waals surface area contributed by atoms with Crippen molar-refractivity contribution in [1.29, 1.82) is 0 Å². The normalized spacial score (nSPS) is 16.2. The van der Waals surface area contributed by atoms with E-state index in [1.54, 1.807) is 33.7 Å². The van der Waals surface area contributed by atoms with Crippen LogP contribution in [0.1, 0.15) is 53.7 Å². The van der Waals surface area contributed by atoms with E-state index in [4.69, 9.17) is 14.7 Å². The fourth-order valence-corrected chi connectivity index (χ4v) is 4.63. The van der Waals surface area contributed by atoms with Crippen molar-refractivity contribution >= 4 is 23.6 Å². The van der Waals surface area contributed by atoms with Crippen LogP contribution in [0.3, 0.4) is 0 Å². The van der Waals surface area contributed by atoms with Gasteiger partial charge in [-0.2, -0.15) is 0 Å². The van der Waals surface area contributed by atoms with Gasteiger partial charge in [0.05, 0.1) is 23.8 Å². The Labute approximate surface area is 213 Å². The van der Waals surface area contributed by atoms with Crippen LogP contribution in [0, 0.1) is 0 Å². The van der Waals surface area contributed by atoms with E-state index in [0.717, 1.165) is 5.82 Å². The van der Waals surface area contributed by atoms with Crippen LogP contribution in [0.2, 0.25) is 0 Å². The highest BCUT2D eigenvalue weighted by atomic mass is 19.1. The van der Waals surface area contributed by atoms with Gasteiger partial charge >= 0.3 is 6.09 Å². The molecule has 1 N–H and O–H groups in total. The van der Waals surface area contributed by atoms with Crippen LogP contribution in [0.5, 0.6) is 0 Å². The van der Waals surface area contributed by atoms with Gasteiger partial charge < -0.3 is 19.5 Å². The average Bonchev–Trinajstić information content (AvgIpc) is 3.60. The minimum absolute atomic E-state index is 0.0765. The lowest BCUT2D eigenvalue weighted by molar-refractivity contribution is 0.0996. The number of alkyl carbamates (subject to hydrolysis) is 1. The second-order valence-electron chi connectivity index (χ2n) is 9.41. The molecule has 12 heteroatoms. The molecule has 0 fully saturated rings. The summed E-state index contributed by atoms with van der Waals surface area (Å²) in [4.78, 5) is 38.3. The minimum atomic E-state index is -0.582. The van der Waals surface area contributed by atoms with Crippen LogP contribution in [-0.4, -0.2) is 63.5 Å². The smallest absolute Gasteiger partial charge is 0.407 e. The van der Waals surface area contributed by atoms with Gasteiger partial charge in [0.25, 0.3) is 5.91 Å². The highest BCUT2D eigenvalue weighted by molar-refractivity contribution is 6.10. The van der Waals surface area contributed by atoms with Crippen LogP contribution in [0.4, 0.5) is 20.8 Å². The van der Waals surface area contributed by atoms with Crippen molar-refractivity contribution in [3.8, 4) is 11.5 Å². The highest BCUT2D eigenvalue weighted by Crippen LogP contribution is 2.34. The predicted octanol–water partition coefficient (Wildman–Crippen LogP) is 3.05. The third-order valence-corrected chi connectivity index (χ3v) is 6.92. The van der Waals surface area contributed by atoms with E-state index in [-0.39, 0.29) is 31.1 Å². The molecule has 1 atom stereocenters. The highest BCUT2D eigenvalue weighted by Gasteiger charge is 2.34. The molecule has 5 heterocycles. The zero-order valence-corrected chi connectivity index (χ0v) is 21.2. The number of amides is 2. The van der Waals surface area contributed by atoms with Crippen molar-refractivity contribution < 1.29 is 18.7 Å². The molecule has 0 aliphatic carbocycles. The summed E-state index contributed by atoms with van der Waals surface area (Å²) in [5, 5.41) is 10.9. The Morgan fingerprint density at radius 2 is 2.11 bits per heavy atom. The van der Waals surface area contributed by atoms with E-state index in [0.29, 0.717) is 52.8 Å². The number of aryl methyl sites for hydroxylation is 1. The molecule has 0 bridgehead atoms. The lowest BCUT2D eigenvalue weighted by Crippen LogP contribution is -2.27. The van der Waals surface area contributed by atoms with Crippen LogP contribution in [0.25, 0.3) is 11.5 Å². The summed E-state index contributed by atoms with van der Waals surface area (Å²) < 4.78 is 20.7. The summed E-state index contributed by atoms with van der Waals surface area (Å²) in [6.07, 6.45) is 0.762. The maximum Gasteiger partial charge on any atom is 0.407 e. The zero-order chi connectivity index (χ0) is 26.3. The fourth-order valence-electron chi connectivity index (χ4n) is 4.63. The first-order chi connectivity index (χ1) is 17.8. The van der Waals surface area contributed by atoms with Gasteiger partial charge in [0.1, 0.15) is 36.4 Å². The number of nitrogens with zero attached hydrogens (tertiary/aromatic N) is 7. The van der Waals surface area contributed by atoms with Crippen molar-refractivity contribution in [2.24, 2.45) is 0 Å². The molecule has 0 aromatic carbocycles. The monoisotopic (exact) mass is 508 g/mol. The Bertz CT molecular complexity index is 1360. The SMILES string of the molecule is CNC(=O)OCc1nc(N(C)C(C)C)cc2c1CN(c1cccc(-c3nnc4n3[C@@H](CF)CC4)n1)C2=O. The Hall–Kier alpha value is -4.09. The number of rotatable bonds is 7. The first kappa shape index (κ1) is 24.6. The topological polar surface area (TPSA) is 118 Å². The summed E-state index contributed by atoms with van der Waals surface area (Å²) in [5.74, 6) is 2.04. The Balaban J connectivity index is 1.50. The van der Waals surface area contributed by atoms with Gasteiger partial charge in [0.15, 0.2) is 5.82 Å². The summed E-state index contributed by atoms with van der Waals surface area (Å²) in [7, 11) is 3.38. The minimum Gasteiger partial charge on any atom is -0.443 e. The molecule has 0 saturated heterocycles. The predicted molar refractivity (Wildman–Crippen MR) is 134 cm³/mol. The van der Waals surface area contributed by atoms with E-state index in [1.165, 1.54) is 7.05 Å². The van der Waals surface area contributed by atoms with Gasteiger partial charge in [-0.1, -0.05) is 6.07 Å². The lowest BCUT2D eigenvalue weighted by Gasteiger charge is -2.23. The molecule has 5 rings (SSSR count). The first-order valence-corrected chi connectivity index (χ1v) is 12.2. The molecule has 2 amide bonds. The average molecular weight is 509 g/mol. The number of hydrogen-bond donors (Lipinski definition) is 1. The van der Waals surface area contributed by atoms with Crippen molar-refractivity contribution in [2.45, 2.75) is 51.9 Å². The number of aromatic nitrogens is 5. The number of hydrogen-bond acceptors (Lipinski definition) is 8. The van der Waals surface area contributed by atoms with Crippen molar-refractivity contribution in [1.82, 2.24) is 30.0 Å². The Morgan fingerprint density at radius 3 is 2.84 bits per heavy atom. The first-order valence-electron chi connectivity index (χ1n) is 12.2. The molecule has 0 unspecified atom stereocenters. The van der Waals surface area contributed by atoms with Crippen LogP contribution in [-0.2, 0) is 24.3 Å². The van der Waals surface area contributed by atoms with Gasteiger partial charge in [-0.3, -0.25) is 9.69 Å². The largest absolute Gasteiger partial charge is 0.443 e. The number of carbonyl (C=O) groups is 2. The number of alkyl halides is 1. The molecule has 37 heavy (non-hydrogen) atoms. The van der Waals surface area contributed by atoms with E-state index < -0.39 is 12.8 Å². The number of halogens is 1. The molecule has 3 aromatic rings. The number of nitrogens with one attached hydrogen (secondary N) is 1. The number of fused-ring (bicyclic) bond motifs is 2.